The van der Waals surface area contributed by atoms with Crippen molar-refractivity contribution in [3.05, 3.63) is 64.7 Å². The highest BCUT2D eigenvalue weighted by atomic mass is 35.5. The SMILES string of the molecule is O=C(O)C1CC(=O)N(CCc2ccc(OCc3ccc(Cl)cc3)cc2)C1. The van der Waals surface area contributed by atoms with E-state index in [0.29, 0.717) is 31.1 Å². The summed E-state index contributed by atoms with van der Waals surface area (Å²) in [6.45, 7) is 1.30. The molecule has 3 rings (SSSR count). The van der Waals surface area contributed by atoms with Crippen LogP contribution in [-0.2, 0) is 22.6 Å². The maximum absolute atomic E-state index is 11.8. The number of hydrogen-bond donors (Lipinski definition) is 1. The number of carbonyl (C=O) groups excluding carboxylic acids is 1. The zero-order valence-corrected chi connectivity index (χ0v) is 15.0. The fraction of sp³-hybridized carbons (Fsp3) is 0.300. The molecule has 0 saturated carbocycles. The van der Waals surface area contributed by atoms with Gasteiger partial charge in [0.15, 0.2) is 0 Å². The number of ether oxygens (including phenoxy) is 1. The van der Waals surface area contributed by atoms with Crippen LogP contribution in [-0.4, -0.2) is 35.0 Å². The van der Waals surface area contributed by atoms with Gasteiger partial charge in [-0.15, -0.1) is 0 Å². The average molecular weight is 374 g/mol. The Bertz CT molecular complexity index is 773. The summed E-state index contributed by atoms with van der Waals surface area (Å²) in [6.07, 6.45) is 0.794. The Morgan fingerprint density at radius 2 is 1.77 bits per heavy atom. The number of rotatable bonds is 7. The van der Waals surface area contributed by atoms with Gasteiger partial charge in [-0.3, -0.25) is 9.59 Å². The first-order valence-corrected chi connectivity index (χ1v) is 8.86. The molecule has 1 aliphatic heterocycles. The van der Waals surface area contributed by atoms with Crippen LogP contribution in [0.3, 0.4) is 0 Å². The summed E-state index contributed by atoms with van der Waals surface area (Å²) in [5.41, 5.74) is 2.12. The second kappa shape index (κ2) is 8.23. The van der Waals surface area contributed by atoms with Crippen molar-refractivity contribution in [1.29, 1.82) is 0 Å². The van der Waals surface area contributed by atoms with Crippen molar-refractivity contribution < 1.29 is 19.4 Å². The van der Waals surface area contributed by atoms with E-state index in [2.05, 4.69) is 0 Å². The number of aliphatic carboxylic acids is 1. The second-order valence-electron chi connectivity index (χ2n) is 6.39. The molecule has 136 valence electrons. The summed E-state index contributed by atoms with van der Waals surface area (Å²) in [5.74, 6) is -0.790. The molecule has 0 aliphatic carbocycles. The molecule has 26 heavy (non-hydrogen) atoms. The van der Waals surface area contributed by atoms with Crippen LogP contribution in [0.5, 0.6) is 5.75 Å². The standard InChI is InChI=1S/C20H20ClNO4/c21-17-5-1-15(2-6-17)13-26-18-7-3-14(4-8-18)9-10-22-12-16(20(24)25)11-19(22)23/h1-8,16H,9-13H2,(H,24,25). The third-order valence-electron chi connectivity index (χ3n) is 4.48. The minimum absolute atomic E-state index is 0.0830. The van der Waals surface area contributed by atoms with Gasteiger partial charge in [-0.2, -0.15) is 0 Å². The van der Waals surface area contributed by atoms with E-state index in [1.54, 1.807) is 4.90 Å². The number of nitrogens with zero attached hydrogens (tertiary/aromatic N) is 1. The Balaban J connectivity index is 1.48. The molecule has 2 aromatic rings. The Hall–Kier alpha value is -2.53. The van der Waals surface area contributed by atoms with E-state index in [1.165, 1.54) is 0 Å². The van der Waals surface area contributed by atoms with Crippen LogP contribution in [0.4, 0.5) is 0 Å². The predicted octanol–water partition coefficient (Wildman–Crippen LogP) is 3.39. The molecule has 1 amide bonds. The molecule has 0 aromatic heterocycles. The molecule has 1 fully saturated rings. The van der Waals surface area contributed by atoms with Crippen molar-refractivity contribution in [2.45, 2.75) is 19.4 Å². The summed E-state index contributed by atoms with van der Waals surface area (Å²) in [7, 11) is 0. The number of benzene rings is 2. The lowest BCUT2D eigenvalue weighted by molar-refractivity contribution is -0.141. The maximum Gasteiger partial charge on any atom is 0.308 e. The first-order chi connectivity index (χ1) is 12.5. The van der Waals surface area contributed by atoms with Crippen molar-refractivity contribution in [3.8, 4) is 5.75 Å². The van der Waals surface area contributed by atoms with E-state index in [9.17, 15) is 9.59 Å². The normalized spacial score (nSPS) is 16.7. The van der Waals surface area contributed by atoms with Crippen molar-refractivity contribution in [2.75, 3.05) is 13.1 Å². The van der Waals surface area contributed by atoms with Gasteiger partial charge in [0.1, 0.15) is 12.4 Å². The zero-order valence-electron chi connectivity index (χ0n) is 14.2. The molecule has 0 bridgehead atoms. The topological polar surface area (TPSA) is 66.8 Å². The number of carboxylic acids is 1. The van der Waals surface area contributed by atoms with Crippen LogP contribution in [0.25, 0.3) is 0 Å². The molecular formula is C20H20ClNO4. The summed E-state index contributed by atoms with van der Waals surface area (Å²) in [4.78, 5) is 24.5. The number of halogens is 1. The average Bonchev–Trinajstić information content (AvgIpc) is 3.01. The van der Waals surface area contributed by atoms with E-state index in [4.69, 9.17) is 21.4 Å². The minimum atomic E-state index is -0.900. The molecule has 0 radical (unpaired) electrons. The number of carbonyl (C=O) groups is 2. The fourth-order valence-corrected chi connectivity index (χ4v) is 3.04. The maximum atomic E-state index is 11.8. The van der Waals surface area contributed by atoms with E-state index in [1.807, 2.05) is 48.5 Å². The van der Waals surface area contributed by atoms with Crippen LogP contribution in [0.2, 0.25) is 5.02 Å². The number of likely N-dealkylation sites (tertiary alicyclic amines) is 1. The van der Waals surface area contributed by atoms with Gasteiger partial charge < -0.3 is 14.7 Å². The van der Waals surface area contributed by atoms with Crippen LogP contribution < -0.4 is 4.74 Å². The molecule has 0 spiro atoms. The van der Waals surface area contributed by atoms with E-state index in [-0.39, 0.29) is 12.3 Å². The summed E-state index contributed by atoms with van der Waals surface area (Å²) >= 11 is 5.86. The van der Waals surface area contributed by atoms with Crippen molar-refractivity contribution >= 4 is 23.5 Å². The van der Waals surface area contributed by atoms with Gasteiger partial charge in [0.05, 0.1) is 5.92 Å². The van der Waals surface area contributed by atoms with Crippen molar-refractivity contribution in [1.82, 2.24) is 4.90 Å². The smallest absolute Gasteiger partial charge is 0.308 e. The van der Waals surface area contributed by atoms with Crippen LogP contribution in [0, 0.1) is 5.92 Å². The molecule has 1 aliphatic rings. The van der Waals surface area contributed by atoms with Crippen LogP contribution in [0.15, 0.2) is 48.5 Å². The molecule has 1 N–H and O–H groups in total. The first kappa shape index (κ1) is 18.3. The van der Waals surface area contributed by atoms with Crippen molar-refractivity contribution in [3.63, 3.8) is 0 Å². The van der Waals surface area contributed by atoms with Crippen LogP contribution >= 0.6 is 11.6 Å². The molecule has 1 heterocycles. The van der Waals surface area contributed by atoms with Gasteiger partial charge >= 0.3 is 5.97 Å². The van der Waals surface area contributed by atoms with Gasteiger partial charge in [-0.25, -0.2) is 0 Å². The van der Waals surface area contributed by atoms with Gasteiger partial charge in [0, 0.05) is 24.5 Å². The summed E-state index contributed by atoms with van der Waals surface area (Å²) in [6, 6.07) is 15.2. The lowest BCUT2D eigenvalue weighted by Crippen LogP contribution is -2.28. The highest BCUT2D eigenvalue weighted by Crippen LogP contribution is 2.20. The third kappa shape index (κ3) is 4.76. The third-order valence-corrected chi connectivity index (χ3v) is 4.73. The lowest BCUT2D eigenvalue weighted by Gasteiger charge is -2.16. The molecule has 1 atom stereocenters. The molecule has 5 nitrogen and oxygen atoms in total. The summed E-state index contributed by atoms with van der Waals surface area (Å²) in [5, 5.41) is 9.71. The predicted molar refractivity (Wildman–Crippen MR) is 98.3 cm³/mol. The Morgan fingerprint density at radius 3 is 2.38 bits per heavy atom. The van der Waals surface area contributed by atoms with Crippen molar-refractivity contribution in [2.24, 2.45) is 5.92 Å². The first-order valence-electron chi connectivity index (χ1n) is 8.48. The molecular weight excluding hydrogens is 354 g/mol. The van der Waals surface area contributed by atoms with E-state index < -0.39 is 11.9 Å². The van der Waals surface area contributed by atoms with Gasteiger partial charge in [-0.05, 0) is 41.8 Å². The number of carboxylic acid groups (broad SMARTS) is 1. The quantitative estimate of drug-likeness (QED) is 0.807. The minimum Gasteiger partial charge on any atom is -0.489 e. The Kier molecular flexibility index (Phi) is 5.78. The molecule has 1 unspecified atom stereocenters. The fourth-order valence-electron chi connectivity index (χ4n) is 2.92. The van der Waals surface area contributed by atoms with Gasteiger partial charge in [0.2, 0.25) is 5.91 Å². The Labute approximate surface area is 157 Å². The molecule has 6 heteroatoms. The Morgan fingerprint density at radius 1 is 1.12 bits per heavy atom. The van der Waals surface area contributed by atoms with E-state index >= 15 is 0 Å². The van der Waals surface area contributed by atoms with Gasteiger partial charge in [-0.1, -0.05) is 35.9 Å². The lowest BCUT2D eigenvalue weighted by atomic mass is 10.1. The number of hydrogen-bond acceptors (Lipinski definition) is 3. The summed E-state index contributed by atoms with van der Waals surface area (Å²) < 4.78 is 5.75. The molecule has 2 aromatic carbocycles. The zero-order chi connectivity index (χ0) is 18.5. The number of amides is 1. The monoisotopic (exact) mass is 373 g/mol. The molecule has 1 saturated heterocycles. The van der Waals surface area contributed by atoms with Gasteiger partial charge in [0.25, 0.3) is 0 Å². The largest absolute Gasteiger partial charge is 0.489 e. The highest BCUT2D eigenvalue weighted by molar-refractivity contribution is 6.30. The van der Waals surface area contributed by atoms with Crippen LogP contribution in [0.1, 0.15) is 17.5 Å². The highest BCUT2D eigenvalue weighted by Gasteiger charge is 2.33. The second-order valence-corrected chi connectivity index (χ2v) is 6.82. The van der Waals surface area contributed by atoms with E-state index in [0.717, 1.165) is 16.9 Å².